The van der Waals surface area contributed by atoms with E-state index in [2.05, 4.69) is 50.3 Å². The van der Waals surface area contributed by atoms with Crippen LogP contribution in [0, 0.1) is 0 Å². The van der Waals surface area contributed by atoms with E-state index in [9.17, 15) is 19.5 Å². The van der Waals surface area contributed by atoms with Crippen LogP contribution in [0.5, 0.6) is 0 Å². The Morgan fingerprint density at radius 1 is 0.646 bits per heavy atom. The zero-order valence-electron chi connectivity index (χ0n) is 31.4. The molecular formula is C40H72NO7+. The molecule has 0 aliphatic rings. The van der Waals surface area contributed by atoms with Crippen LogP contribution in [-0.4, -0.2) is 80.6 Å². The number of hydrogen-bond acceptors (Lipinski definition) is 6. The van der Waals surface area contributed by atoms with Gasteiger partial charge in [-0.25, -0.2) is 4.79 Å². The number of hydrogen-bond donors (Lipinski definition) is 1. The van der Waals surface area contributed by atoms with Gasteiger partial charge in [0.1, 0.15) is 6.61 Å². The zero-order chi connectivity index (χ0) is 35.7. The van der Waals surface area contributed by atoms with Crippen molar-refractivity contribution in [1.82, 2.24) is 0 Å². The van der Waals surface area contributed by atoms with Crippen LogP contribution < -0.4 is 0 Å². The van der Waals surface area contributed by atoms with E-state index in [0.29, 0.717) is 19.3 Å². The number of likely N-dealkylation sites (N-methyl/N-ethyl adjacent to an activating group) is 1. The van der Waals surface area contributed by atoms with Gasteiger partial charge in [0.25, 0.3) is 0 Å². The molecule has 0 spiro atoms. The Balaban J connectivity index is 4.42. The minimum Gasteiger partial charge on any atom is -0.477 e. The van der Waals surface area contributed by atoms with Crippen LogP contribution in [-0.2, 0) is 28.6 Å². The highest BCUT2D eigenvalue weighted by atomic mass is 16.6. The molecule has 1 N–H and O–H groups in total. The summed E-state index contributed by atoms with van der Waals surface area (Å²) in [6.45, 7) is 4.55. The molecule has 8 heteroatoms. The zero-order valence-corrected chi connectivity index (χ0v) is 31.4. The first-order valence-corrected chi connectivity index (χ1v) is 19.0. The Kier molecular flexibility index (Phi) is 30.2. The number of aliphatic carboxylic acids is 1. The van der Waals surface area contributed by atoms with Crippen molar-refractivity contribution in [3.63, 3.8) is 0 Å². The Bertz CT molecular complexity index is 891. The molecule has 2 unspecified atom stereocenters. The quantitative estimate of drug-likeness (QED) is 0.0319. The number of ether oxygens (including phenoxy) is 3. The predicted octanol–water partition coefficient (Wildman–Crippen LogP) is 9.52. The maximum Gasteiger partial charge on any atom is 0.362 e. The van der Waals surface area contributed by atoms with E-state index in [-0.39, 0.29) is 36.2 Å². The fourth-order valence-electron chi connectivity index (χ4n) is 5.28. The summed E-state index contributed by atoms with van der Waals surface area (Å²) >= 11 is 0. The third kappa shape index (κ3) is 29.7. The van der Waals surface area contributed by atoms with Crippen LogP contribution in [0.2, 0.25) is 0 Å². The van der Waals surface area contributed by atoms with Crippen molar-refractivity contribution in [2.45, 2.75) is 161 Å². The second-order valence-electron chi connectivity index (χ2n) is 13.8. The molecule has 0 rings (SSSR count). The molecule has 0 heterocycles. The number of unbranched alkanes of at least 4 members (excludes halogenated alkanes) is 13. The number of carboxylic acids is 1. The van der Waals surface area contributed by atoms with Gasteiger partial charge < -0.3 is 23.8 Å². The Hall–Kier alpha value is -2.45. The molecule has 0 amide bonds. The van der Waals surface area contributed by atoms with Gasteiger partial charge >= 0.3 is 17.9 Å². The molecule has 8 nitrogen and oxygen atoms in total. The van der Waals surface area contributed by atoms with Gasteiger partial charge in [-0.3, -0.25) is 9.59 Å². The highest BCUT2D eigenvalue weighted by Gasteiger charge is 2.31. The summed E-state index contributed by atoms with van der Waals surface area (Å²) in [4.78, 5) is 36.7. The summed E-state index contributed by atoms with van der Waals surface area (Å²) < 4.78 is 17.2. The van der Waals surface area contributed by atoms with Gasteiger partial charge in [-0.1, -0.05) is 108 Å². The normalized spacial score (nSPS) is 13.4. The lowest BCUT2D eigenvalue weighted by molar-refractivity contribution is -0.887. The molecule has 0 aliphatic carbocycles. The molecule has 0 aromatic heterocycles. The van der Waals surface area contributed by atoms with Crippen molar-refractivity contribution in [2.24, 2.45) is 0 Å². The number of nitrogens with zero attached hydrogens (tertiary/aromatic N) is 1. The van der Waals surface area contributed by atoms with Crippen LogP contribution in [0.25, 0.3) is 0 Å². The average molecular weight is 679 g/mol. The highest BCUT2D eigenvalue weighted by Crippen LogP contribution is 2.13. The number of esters is 2. The molecule has 0 radical (unpaired) electrons. The topological polar surface area (TPSA) is 99.1 Å². The maximum atomic E-state index is 12.6. The summed E-state index contributed by atoms with van der Waals surface area (Å²) in [5.74, 6) is -1.50. The van der Waals surface area contributed by atoms with E-state index in [4.69, 9.17) is 14.2 Å². The molecule has 0 bridgehead atoms. The van der Waals surface area contributed by atoms with Crippen LogP contribution in [0.4, 0.5) is 0 Å². The van der Waals surface area contributed by atoms with Crippen LogP contribution in [0.1, 0.15) is 149 Å². The van der Waals surface area contributed by atoms with Gasteiger partial charge in [0, 0.05) is 19.3 Å². The monoisotopic (exact) mass is 679 g/mol. The number of quaternary nitrogens is 1. The second kappa shape index (κ2) is 31.8. The van der Waals surface area contributed by atoms with E-state index in [1.807, 2.05) is 21.1 Å². The van der Waals surface area contributed by atoms with Crippen LogP contribution in [0.3, 0.4) is 0 Å². The fraction of sp³-hybridized carbons (Fsp3) is 0.775. The minimum atomic E-state index is -0.880. The first-order chi connectivity index (χ1) is 23.1. The van der Waals surface area contributed by atoms with E-state index >= 15 is 0 Å². The van der Waals surface area contributed by atoms with Gasteiger partial charge in [0.05, 0.1) is 34.4 Å². The van der Waals surface area contributed by atoms with E-state index in [0.717, 1.165) is 77.0 Å². The van der Waals surface area contributed by atoms with Crippen LogP contribution in [0.15, 0.2) is 36.5 Å². The SMILES string of the molecule is CC/C=C/C/C=C/CCCCCCCCCC(=O)OCC(COCCC(C(=O)O)[N+](C)(C)C)OC(=O)CCCCCC/C=C/CCCC. The summed E-state index contributed by atoms with van der Waals surface area (Å²) in [6.07, 6.45) is 33.3. The third-order valence-corrected chi connectivity index (χ3v) is 8.27. The Morgan fingerprint density at radius 3 is 1.73 bits per heavy atom. The van der Waals surface area contributed by atoms with Crippen molar-refractivity contribution in [3.8, 4) is 0 Å². The lowest BCUT2D eigenvalue weighted by atomic mass is 10.1. The number of carboxylic acid groups (broad SMARTS) is 1. The third-order valence-electron chi connectivity index (χ3n) is 8.27. The molecule has 0 saturated heterocycles. The highest BCUT2D eigenvalue weighted by molar-refractivity contribution is 5.72. The van der Waals surface area contributed by atoms with Crippen molar-refractivity contribution in [1.29, 1.82) is 0 Å². The van der Waals surface area contributed by atoms with E-state index in [1.54, 1.807) is 0 Å². The molecule has 48 heavy (non-hydrogen) atoms. The van der Waals surface area contributed by atoms with Gasteiger partial charge in [-0.15, -0.1) is 0 Å². The smallest absolute Gasteiger partial charge is 0.362 e. The predicted molar refractivity (Wildman–Crippen MR) is 197 cm³/mol. The molecule has 0 saturated carbocycles. The summed E-state index contributed by atoms with van der Waals surface area (Å²) in [6, 6.07) is -0.615. The van der Waals surface area contributed by atoms with E-state index < -0.39 is 18.1 Å². The van der Waals surface area contributed by atoms with Crippen molar-refractivity contribution in [2.75, 3.05) is 41.0 Å². The Labute approximate surface area is 293 Å². The number of carbonyl (C=O) groups excluding carboxylic acids is 2. The van der Waals surface area contributed by atoms with Gasteiger partial charge in [-0.05, 0) is 57.8 Å². The molecule has 0 aromatic carbocycles. The maximum absolute atomic E-state index is 12.6. The number of allylic oxidation sites excluding steroid dienone is 6. The fourth-order valence-corrected chi connectivity index (χ4v) is 5.28. The first-order valence-electron chi connectivity index (χ1n) is 19.0. The molecular weight excluding hydrogens is 606 g/mol. The number of rotatable bonds is 33. The molecule has 0 fully saturated rings. The first kappa shape index (κ1) is 45.6. The number of carbonyl (C=O) groups is 3. The lowest BCUT2D eigenvalue weighted by Crippen LogP contribution is -2.50. The van der Waals surface area contributed by atoms with Gasteiger partial charge in [-0.2, -0.15) is 0 Å². The van der Waals surface area contributed by atoms with Gasteiger partial charge in [0.15, 0.2) is 12.1 Å². The van der Waals surface area contributed by atoms with Gasteiger partial charge in [0.2, 0.25) is 0 Å². The van der Waals surface area contributed by atoms with Crippen molar-refractivity contribution < 1.29 is 38.2 Å². The van der Waals surface area contributed by atoms with Crippen molar-refractivity contribution in [3.05, 3.63) is 36.5 Å². The van der Waals surface area contributed by atoms with Crippen molar-refractivity contribution >= 4 is 17.9 Å². The molecule has 0 aliphatic heterocycles. The summed E-state index contributed by atoms with van der Waals surface area (Å²) in [5, 5.41) is 9.57. The molecule has 278 valence electrons. The average Bonchev–Trinajstić information content (AvgIpc) is 3.03. The molecule has 0 aromatic rings. The summed E-state index contributed by atoms with van der Waals surface area (Å²) in [5.41, 5.74) is 0. The lowest BCUT2D eigenvalue weighted by Gasteiger charge is -2.31. The van der Waals surface area contributed by atoms with E-state index in [1.165, 1.54) is 38.5 Å². The standard InChI is InChI=1S/C40H71NO7/c1-6-8-10-12-14-16-18-19-20-21-23-24-26-28-30-38(42)47-35-36(34-46-33-32-37(40(44)45)41(3,4)5)48-39(43)31-29-27-25-22-17-15-13-11-9-7-2/h8,10,13-16,36-37H,6-7,9,11-12,17-35H2,1-5H3/p+1/b10-8+,15-13+,16-14+. The summed E-state index contributed by atoms with van der Waals surface area (Å²) in [7, 11) is 5.50. The Morgan fingerprint density at radius 2 is 1.17 bits per heavy atom. The minimum absolute atomic E-state index is 0.0541. The van der Waals surface area contributed by atoms with Crippen LogP contribution >= 0.6 is 0 Å². The molecule has 2 atom stereocenters. The second-order valence-corrected chi connectivity index (χ2v) is 13.8. The largest absolute Gasteiger partial charge is 0.477 e.